The molecule has 0 aromatic carbocycles. The maximum absolute atomic E-state index is 7.66. The van der Waals surface area contributed by atoms with Crippen LogP contribution in [0.25, 0.3) is 10.4 Å². The highest BCUT2D eigenvalue weighted by molar-refractivity contribution is 9.09. The Balaban J connectivity index is 3.29. The highest BCUT2D eigenvalue weighted by Gasteiger charge is 1.81. The molecule has 6 heavy (non-hydrogen) atoms. The van der Waals surface area contributed by atoms with E-state index in [1.807, 2.05) is 0 Å². The topological polar surface area (TPSA) is 48.8 Å². The zero-order valence-corrected chi connectivity index (χ0v) is 4.88. The van der Waals surface area contributed by atoms with Crippen LogP contribution in [-0.2, 0) is 0 Å². The van der Waals surface area contributed by atoms with Gasteiger partial charge in [0.1, 0.15) is 0 Å². The van der Waals surface area contributed by atoms with Crippen molar-refractivity contribution in [3.63, 3.8) is 0 Å². The third-order valence-corrected chi connectivity index (χ3v) is 0.394. The van der Waals surface area contributed by atoms with Crippen LogP contribution in [0.4, 0.5) is 0 Å². The maximum atomic E-state index is 7.66. The van der Waals surface area contributed by atoms with Gasteiger partial charge in [0.05, 0.1) is 4.95 Å². The number of hydrogen-bond donors (Lipinski definition) is 0. The normalized spacial score (nSPS) is 12.3. The summed E-state index contributed by atoms with van der Waals surface area (Å²) in [4.78, 5) is 2.43. The summed E-state index contributed by atoms with van der Waals surface area (Å²) >= 11 is 3.01. The van der Waals surface area contributed by atoms with Gasteiger partial charge in [-0.3, -0.25) is 0 Å². The molecule has 1 atom stereocenters. The Labute approximate surface area is 44.1 Å². The van der Waals surface area contributed by atoms with Crippen molar-refractivity contribution in [3.05, 3.63) is 10.4 Å². The molecule has 34 valence electrons. The van der Waals surface area contributed by atoms with Crippen LogP contribution in [-0.4, -0.2) is 4.95 Å². The van der Waals surface area contributed by atoms with Crippen LogP contribution in [0.2, 0.25) is 0 Å². The molecule has 0 aromatic rings. The summed E-state index contributed by atoms with van der Waals surface area (Å²) in [6.45, 7) is 1.75. The fourth-order valence-electron chi connectivity index (χ4n) is 0.0712. The van der Waals surface area contributed by atoms with E-state index in [1.54, 1.807) is 6.92 Å². The largest absolute Gasteiger partial charge is 0.0903 e. The monoisotopic (exact) mass is 149 g/mol. The highest BCUT2D eigenvalue weighted by atomic mass is 79.9. The fraction of sp³-hybridized carbons (Fsp3) is 1.00. The molecule has 0 spiro atoms. The van der Waals surface area contributed by atoms with Gasteiger partial charge in [-0.1, -0.05) is 21.0 Å². The Morgan fingerprint density at radius 3 is 2.50 bits per heavy atom. The van der Waals surface area contributed by atoms with E-state index in [1.165, 1.54) is 0 Å². The van der Waals surface area contributed by atoms with Crippen molar-refractivity contribution in [3.8, 4) is 0 Å². The van der Waals surface area contributed by atoms with E-state index in [2.05, 4.69) is 26.0 Å². The lowest BCUT2D eigenvalue weighted by atomic mass is 10.8. The SMILES string of the molecule is C[C@H](Br)N=[N+]=[N-]. The van der Waals surface area contributed by atoms with Gasteiger partial charge >= 0.3 is 0 Å². The van der Waals surface area contributed by atoms with E-state index >= 15 is 0 Å². The first-order chi connectivity index (χ1) is 2.77. The van der Waals surface area contributed by atoms with E-state index in [-0.39, 0.29) is 4.95 Å². The van der Waals surface area contributed by atoms with Crippen LogP contribution in [0, 0.1) is 0 Å². The van der Waals surface area contributed by atoms with Crippen LogP contribution in [0.15, 0.2) is 5.11 Å². The van der Waals surface area contributed by atoms with Crippen molar-refractivity contribution < 1.29 is 0 Å². The number of hydrogen-bond acceptors (Lipinski definition) is 1. The van der Waals surface area contributed by atoms with Gasteiger partial charge in [-0.25, -0.2) is 0 Å². The molecule has 0 aliphatic carbocycles. The van der Waals surface area contributed by atoms with Gasteiger partial charge in [0.2, 0.25) is 0 Å². The lowest BCUT2D eigenvalue weighted by Gasteiger charge is -1.79. The van der Waals surface area contributed by atoms with Crippen LogP contribution < -0.4 is 0 Å². The van der Waals surface area contributed by atoms with E-state index in [0.717, 1.165) is 0 Å². The molecular weight excluding hydrogens is 146 g/mol. The first-order valence-electron chi connectivity index (χ1n) is 1.45. The Morgan fingerprint density at radius 1 is 2.00 bits per heavy atom. The molecule has 3 nitrogen and oxygen atoms in total. The number of nitrogens with zero attached hydrogens (tertiary/aromatic N) is 3. The van der Waals surface area contributed by atoms with Gasteiger partial charge < -0.3 is 0 Å². The zero-order valence-electron chi connectivity index (χ0n) is 3.30. The molecule has 4 heteroatoms. The summed E-state index contributed by atoms with van der Waals surface area (Å²) in [6, 6.07) is 0. The van der Waals surface area contributed by atoms with Gasteiger partial charge in [-0.2, -0.15) is 0 Å². The third-order valence-electron chi connectivity index (χ3n) is 0.211. The first kappa shape index (κ1) is 5.79. The molecule has 0 aliphatic heterocycles. The summed E-state index contributed by atoms with van der Waals surface area (Å²) in [5.41, 5.74) is 7.66. The highest BCUT2D eigenvalue weighted by Crippen LogP contribution is 1.96. The lowest BCUT2D eigenvalue weighted by molar-refractivity contribution is 1.05. The van der Waals surface area contributed by atoms with Gasteiger partial charge in [-0.05, 0) is 12.5 Å². The number of alkyl halides is 1. The van der Waals surface area contributed by atoms with Crippen molar-refractivity contribution in [2.75, 3.05) is 0 Å². The number of halogens is 1. The third kappa shape index (κ3) is 3.79. The Morgan fingerprint density at radius 2 is 2.50 bits per heavy atom. The average Bonchev–Trinajstić information content (AvgIpc) is 1.35. The quantitative estimate of drug-likeness (QED) is 0.180. The van der Waals surface area contributed by atoms with Crippen molar-refractivity contribution in [1.82, 2.24) is 0 Å². The van der Waals surface area contributed by atoms with Crippen molar-refractivity contribution >= 4 is 15.9 Å². The minimum absolute atomic E-state index is 0.0810. The standard InChI is InChI=1S/C2H4BrN3/c1-2(3)5-6-4/h2H,1H3/t2-/m1/s1. The van der Waals surface area contributed by atoms with Gasteiger partial charge in [0.25, 0.3) is 0 Å². The van der Waals surface area contributed by atoms with E-state index in [0.29, 0.717) is 0 Å². The lowest BCUT2D eigenvalue weighted by Crippen LogP contribution is -1.73. The van der Waals surface area contributed by atoms with Crippen molar-refractivity contribution in [1.29, 1.82) is 0 Å². The van der Waals surface area contributed by atoms with Crippen LogP contribution in [0.5, 0.6) is 0 Å². The molecule has 0 unspecified atom stereocenters. The summed E-state index contributed by atoms with van der Waals surface area (Å²) < 4.78 is 0. The molecule has 0 rings (SSSR count). The summed E-state index contributed by atoms with van der Waals surface area (Å²) in [7, 11) is 0. The van der Waals surface area contributed by atoms with Crippen LogP contribution in [0.1, 0.15) is 6.92 Å². The average molecular weight is 150 g/mol. The summed E-state index contributed by atoms with van der Waals surface area (Å²) in [5, 5.41) is 3.22. The van der Waals surface area contributed by atoms with E-state index in [4.69, 9.17) is 5.53 Å². The molecule has 0 N–H and O–H groups in total. The Bertz CT molecular complexity index is 72.9. The van der Waals surface area contributed by atoms with Gasteiger partial charge in [-0.15, -0.1) is 0 Å². The molecule has 0 fully saturated rings. The first-order valence-corrected chi connectivity index (χ1v) is 2.37. The van der Waals surface area contributed by atoms with Crippen molar-refractivity contribution in [2.24, 2.45) is 5.11 Å². The molecule has 0 aliphatic rings. The smallest absolute Gasteiger partial charge is 0.0832 e. The predicted octanol–water partition coefficient (Wildman–Crippen LogP) is 2.04. The Kier molecular flexibility index (Phi) is 2.89. The van der Waals surface area contributed by atoms with Crippen molar-refractivity contribution in [2.45, 2.75) is 11.9 Å². The predicted molar refractivity (Wildman–Crippen MR) is 27.5 cm³/mol. The molecule has 0 saturated carbocycles. The van der Waals surface area contributed by atoms with Gasteiger partial charge in [0.15, 0.2) is 0 Å². The molecule has 0 radical (unpaired) electrons. The number of rotatable bonds is 1. The van der Waals surface area contributed by atoms with Crippen LogP contribution in [0.3, 0.4) is 0 Å². The molecular formula is C2H4BrN3. The van der Waals surface area contributed by atoms with E-state index in [9.17, 15) is 0 Å². The molecule has 0 amide bonds. The molecule has 0 bridgehead atoms. The fourth-order valence-corrected chi connectivity index (χ4v) is 0.153. The van der Waals surface area contributed by atoms with E-state index < -0.39 is 0 Å². The Hall–Kier alpha value is -0.210. The minimum Gasteiger partial charge on any atom is -0.0832 e. The molecule has 0 aromatic heterocycles. The maximum Gasteiger partial charge on any atom is 0.0903 e. The minimum atomic E-state index is -0.0810. The second kappa shape index (κ2) is 3.00. The summed E-state index contributed by atoms with van der Waals surface area (Å²) in [6.07, 6.45) is 0. The molecule has 0 heterocycles. The van der Waals surface area contributed by atoms with Gasteiger partial charge in [0, 0.05) is 4.91 Å². The second-order valence-electron chi connectivity index (χ2n) is 0.779. The summed E-state index contributed by atoms with van der Waals surface area (Å²) in [5.74, 6) is 0. The zero-order chi connectivity index (χ0) is 4.99. The molecule has 0 saturated heterocycles. The van der Waals surface area contributed by atoms with Crippen LogP contribution >= 0.6 is 15.9 Å². The second-order valence-corrected chi connectivity index (χ2v) is 2.10. The number of azide groups is 1.